The summed E-state index contributed by atoms with van der Waals surface area (Å²) in [6.07, 6.45) is 1.92. The standard InChI is InChI=1S/C15H21NO4/c1-3-4-8-16-14(17)11-20-15(18)13-7-5-6-12(9-13)10-19-2/h5-7,9H,3-4,8,10-11H2,1-2H3,(H,16,17). The normalized spacial score (nSPS) is 10.1. The van der Waals surface area contributed by atoms with Crippen LogP contribution in [0, 0.1) is 0 Å². The van der Waals surface area contributed by atoms with Crippen molar-refractivity contribution in [2.75, 3.05) is 20.3 Å². The largest absolute Gasteiger partial charge is 0.452 e. The van der Waals surface area contributed by atoms with Crippen molar-refractivity contribution in [3.05, 3.63) is 35.4 Å². The second kappa shape index (κ2) is 9.09. The van der Waals surface area contributed by atoms with E-state index in [0.717, 1.165) is 18.4 Å². The van der Waals surface area contributed by atoms with Gasteiger partial charge in [0.05, 0.1) is 12.2 Å². The molecule has 0 spiro atoms. The van der Waals surface area contributed by atoms with Gasteiger partial charge in [-0.1, -0.05) is 25.5 Å². The van der Waals surface area contributed by atoms with Crippen molar-refractivity contribution in [1.82, 2.24) is 5.32 Å². The van der Waals surface area contributed by atoms with Crippen LogP contribution in [0.5, 0.6) is 0 Å². The molecule has 1 amide bonds. The fraction of sp³-hybridized carbons (Fsp3) is 0.467. The summed E-state index contributed by atoms with van der Waals surface area (Å²) in [6.45, 7) is 2.82. The lowest BCUT2D eigenvalue weighted by atomic mass is 10.1. The van der Waals surface area contributed by atoms with Crippen LogP contribution < -0.4 is 5.32 Å². The molecule has 0 radical (unpaired) electrons. The lowest BCUT2D eigenvalue weighted by Gasteiger charge is -2.07. The zero-order valence-corrected chi connectivity index (χ0v) is 12.0. The minimum Gasteiger partial charge on any atom is -0.452 e. The first-order valence-electron chi connectivity index (χ1n) is 6.69. The first-order valence-corrected chi connectivity index (χ1v) is 6.69. The number of amides is 1. The maximum atomic E-state index is 11.8. The first kappa shape index (κ1) is 16.2. The van der Waals surface area contributed by atoms with Gasteiger partial charge in [0.25, 0.3) is 5.91 Å². The molecule has 0 unspecified atom stereocenters. The highest BCUT2D eigenvalue weighted by Crippen LogP contribution is 2.07. The number of carbonyl (C=O) groups is 2. The zero-order chi connectivity index (χ0) is 14.8. The Morgan fingerprint density at radius 3 is 2.80 bits per heavy atom. The Kier molecular flexibility index (Phi) is 7.35. The minimum absolute atomic E-state index is 0.253. The number of ether oxygens (including phenoxy) is 2. The van der Waals surface area contributed by atoms with Crippen LogP contribution in [0.25, 0.3) is 0 Å². The molecule has 0 aliphatic carbocycles. The molecule has 0 aliphatic rings. The minimum atomic E-state index is -0.506. The second-order valence-corrected chi connectivity index (χ2v) is 4.41. The van der Waals surface area contributed by atoms with E-state index in [2.05, 4.69) is 5.32 Å². The fourth-order valence-corrected chi connectivity index (χ4v) is 1.62. The van der Waals surface area contributed by atoms with Crippen molar-refractivity contribution in [3.63, 3.8) is 0 Å². The molecule has 5 heteroatoms. The van der Waals surface area contributed by atoms with Crippen molar-refractivity contribution in [1.29, 1.82) is 0 Å². The molecule has 20 heavy (non-hydrogen) atoms. The molecule has 0 aromatic heterocycles. The van der Waals surface area contributed by atoms with Crippen molar-refractivity contribution in [2.24, 2.45) is 0 Å². The third kappa shape index (κ3) is 5.84. The van der Waals surface area contributed by atoms with Crippen molar-refractivity contribution >= 4 is 11.9 Å². The van der Waals surface area contributed by atoms with Crippen molar-refractivity contribution < 1.29 is 19.1 Å². The number of methoxy groups -OCH3 is 1. The molecular formula is C15H21NO4. The van der Waals surface area contributed by atoms with Gasteiger partial charge in [0.2, 0.25) is 0 Å². The molecule has 0 atom stereocenters. The van der Waals surface area contributed by atoms with Gasteiger partial charge >= 0.3 is 5.97 Å². The van der Waals surface area contributed by atoms with Crippen molar-refractivity contribution in [3.8, 4) is 0 Å². The molecule has 0 saturated carbocycles. The van der Waals surface area contributed by atoms with Gasteiger partial charge in [0.15, 0.2) is 6.61 Å². The zero-order valence-electron chi connectivity index (χ0n) is 12.0. The van der Waals surface area contributed by atoms with E-state index in [0.29, 0.717) is 18.7 Å². The molecule has 5 nitrogen and oxygen atoms in total. The summed E-state index contributed by atoms with van der Waals surface area (Å²) in [5.41, 5.74) is 1.30. The number of hydrogen-bond acceptors (Lipinski definition) is 4. The van der Waals surface area contributed by atoms with Crippen LogP contribution in [0.2, 0.25) is 0 Å². The molecule has 1 N–H and O–H groups in total. The van der Waals surface area contributed by atoms with E-state index < -0.39 is 5.97 Å². The summed E-state index contributed by atoms with van der Waals surface area (Å²) in [7, 11) is 1.59. The summed E-state index contributed by atoms with van der Waals surface area (Å²) in [5.74, 6) is -0.784. The lowest BCUT2D eigenvalue weighted by molar-refractivity contribution is -0.124. The average Bonchev–Trinajstić information content (AvgIpc) is 2.46. The van der Waals surface area contributed by atoms with Crippen LogP contribution in [0.3, 0.4) is 0 Å². The number of unbranched alkanes of at least 4 members (excludes halogenated alkanes) is 1. The number of hydrogen-bond donors (Lipinski definition) is 1. The van der Waals surface area contributed by atoms with Gasteiger partial charge in [0.1, 0.15) is 0 Å². The number of carbonyl (C=O) groups excluding carboxylic acids is 2. The smallest absolute Gasteiger partial charge is 0.338 e. The number of benzene rings is 1. The van der Waals surface area contributed by atoms with E-state index in [1.54, 1.807) is 25.3 Å². The summed E-state index contributed by atoms with van der Waals surface area (Å²) >= 11 is 0. The third-order valence-electron chi connectivity index (χ3n) is 2.66. The van der Waals surface area contributed by atoms with Gasteiger partial charge in [-0.3, -0.25) is 4.79 Å². The molecule has 0 saturated heterocycles. The van der Waals surface area contributed by atoms with Gasteiger partial charge in [-0.2, -0.15) is 0 Å². The monoisotopic (exact) mass is 279 g/mol. The Labute approximate surface area is 119 Å². The summed E-state index contributed by atoms with van der Waals surface area (Å²) in [6, 6.07) is 6.96. The quantitative estimate of drug-likeness (QED) is 0.583. The highest BCUT2D eigenvalue weighted by molar-refractivity contribution is 5.91. The van der Waals surface area contributed by atoms with E-state index in [4.69, 9.17) is 9.47 Å². The van der Waals surface area contributed by atoms with Gasteiger partial charge in [-0.05, 0) is 24.1 Å². The summed E-state index contributed by atoms with van der Waals surface area (Å²) < 4.78 is 9.96. The van der Waals surface area contributed by atoms with Gasteiger partial charge in [-0.25, -0.2) is 4.79 Å². The number of rotatable bonds is 8. The number of nitrogens with one attached hydrogen (secondary N) is 1. The topological polar surface area (TPSA) is 64.6 Å². The first-order chi connectivity index (χ1) is 9.67. The van der Waals surface area contributed by atoms with E-state index in [1.807, 2.05) is 13.0 Å². The summed E-state index contributed by atoms with van der Waals surface area (Å²) in [5, 5.41) is 2.69. The van der Waals surface area contributed by atoms with E-state index in [-0.39, 0.29) is 12.5 Å². The van der Waals surface area contributed by atoms with Gasteiger partial charge in [-0.15, -0.1) is 0 Å². The van der Waals surface area contributed by atoms with Crippen LogP contribution >= 0.6 is 0 Å². The molecule has 0 aliphatic heterocycles. The Hall–Kier alpha value is -1.88. The Balaban J connectivity index is 2.42. The van der Waals surface area contributed by atoms with E-state index >= 15 is 0 Å². The third-order valence-corrected chi connectivity index (χ3v) is 2.66. The molecule has 0 bridgehead atoms. The predicted octanol–water partition coefficient (Wildman–Crippen LogP) is 1.91. The SMILES string of the molecule is CCCCNC(=O)COC(=O)c1cccc(COC)c1. The molecular weight excluding hydrogens is 258 g/mol. The summed E-state index contributed by atoms with van der Waals surface area (Å²) in [4.78, 5) is 23.2. The van der Waals surface area contributed by atoms with Crippen molar-refractivity contribution in [2.45, 2.75) is 26.4 Å². The van der Waals surface area contributed by atoms with Gasteiger partial charge in [0, 0.05) is 13.7 Å². The molecule has 110 valence electrons. The van der Waals surface area contributed by atoms with Crippen LogP contribution in [-0.4, -0.2) is 32.1 Å². The Bertz CT molecular complexity index is 445. The molecule has 0 heterocycles. The highest BCUT2D eigenvalue weighted by atomic mass is 16.5. The Morgan fingerprint density at radius 1 is 1.30 bits per heavy atom. The molecule has 1 rings (SSSR count). The maximum absolute atomic E-state index is 11.8. The highest BCUT2D eigenvalue weighted by Gasteiger charge is 2.10. The van der Waals surface area contributed by atoms with E-state index in [1.165, 1.54) is 0 Å². The predicted molar refractivity (Wildman–Crippen MR) is 75.4 cm³/mol. The molecule has 1 aromatic carbocycles. The fourth-order valence-electron chi connectivity index (χ4n) is 1.62. The molecule has 0 fully saturated rings. The number of esters is 1. The Morgan fingerprint density at radius 2 is 2.10 bits per heavy atom. The van der Waals surface area contributed by atoms with Crippen LogP contribution in [-0.2, 0) is 20.9 Å². The maximum Gasteiger partial charge on any atom is 0.338 e. The lowest BCUT2D eigenvalue weighted by Crippen LogP contribution is -2.29. The van der Waals surface area contributed by atoms with Crippen LogP contribution in [0.1, 0.15) is 35.7 Å². The molecule has 1 aromatic rings. The average molecular weight is 279 g/mol. The van der Waals surface area contributed by atoms with Crippen LogP contribution in [0.4, 0.5) is 0 Å². The van der Waals surface area contributed by atoms with Gasteiger partial charge < -0.3 is 14.8 Å². The van der Waals surface area contributed by atoms with Crippen LogP contribution in [0.15, 0.2) is 24.3 Å². The second-order valence-electron chi connectivity index (χ2n) is 4.41. The van der Waals surface area contributed by atoms with E-state index in [9.17, 15) is 9.59 Å².